The standard InChI is InChI=1S/C6H5F2IN2O/c7-5(8)2-1-3(10)11-6(9)4(2)12/h1,5,12H,(H2,10,11). The van der Waals surface area contributed by atoms with Crippen molar-refractivity contribution >= 4 is 28.4 Å². The first-order valence-corrected chi connectivity index (χ1v) is 4.03. The third-order valence-electron chi connectivity index (χ3n) is 1.23. The lowest BCUT2D eigenvalue weighted by Crippen LogP contribution is -1.97. The Kier molecular flexibility index (Phi) is 2.65. The lowest BCUT2D eigenvalue weighted by molar-refractivity contribution is 0.147. The SMILES string of the molecule is Nc1cc(C(F)F)c(O)c(I)n1. The second kappa shape index (κ2) is 3.38. The number of aromatic nitrogens is 1. The highest BCUT2D eigenvalue weighted by Gasteiger charge is 2.16. The lowest BCUT2D eigenvalue weighted by Gasteiger charge is -2.05. The summed E-state index contributed by atoms with van der Waals surface area (Å²) in [6.07, 6.45) is -2.73. The van der Waals surface area contributed by atoms with Gasteiger partial charge in [-0.3, -0.25) is 0 Å². The number of hydrogen-bond donors (Lipinski definition) is 2. The first-order chi connectivity index (χ1) is 5.52. The molecule has 0 aliphatic heterocycles. The zero-order valence-electron chi connectivity index (χ0n) is 5.76. The highest BCUT2D eigenvalue weighted by molar-refractivity contribution is 14.1. The van der Waals surface area contributed by atoms with Crippen LogP contribution in [0, 0.1) is 3.70 Å². The Bertz CT molecular complexity index is 306. The molecule has 0 atom stereocenters. The maximum Gasteiger partial charge on any atom is 0.267 e. The molecular weight excluding hydrogens is 281 g/mol. The molecule has 1 aromatic rings. The van der Waals surface area contributed by atoms with Crippen LogP contribution in [0.25, 0.3) is 0 Å². The van der Waals surface area contributed by atoms with Crippen molar-refractivity contribution in [3.63, 3.8) is 0 Å². The molecule has 0 saturated carbocycles. The van der Waals surface area contributed by atoms with Crippen LogP contribution in [0.15, 0.2) is 6.07 Å². The van der Waals surface area contributed by atoms with Crippen LogP contribution < -0.4 is 5.73 Å². The monoisotopic (exact) mass is 286 g/mol. The maximum absolute atomic E-state index is 12.1. The number of aromatic hydroxyl groups is 1. The Morgan fingerprint density at radius 1 is 1.58 bits per heavy atom. The van der Waals surface area contributed by atoms with Crippen LogP contribution in [0.5, 0.6) is 5.75 Å². The number of nitrogens with two attached hydrogens (primary N) is 1. The molecule has 3 nitrogen and oxygen atoms in total. The topological polar surface area (TPSA) is 59.1 Å². The van der Waals surface area contributed by atoms with E-state index in [9.17, 15) is 8.78 Å². The van der Waals surface area contributed by atoms with E-state index in [1.807, 2.05) is 0 Å². The molecule has 1 heterocycles. The minimum absolute atomic E-state index is 0.0208. The summed E-state index contributed by atoms with van der Waals surface area (Å²) in [7, 11) is 0. The molecule has 1 aromatic heterocycles. The predicted octanol–water partition coefficient (Wildman–Crippen LogP) is 1.91. The largest absolute Gasteiger partial charge is 0.505 e. The molecule has 0 aromatic carbocycles. The third-order valence-corrected chi connectivity index (χ3v) is 1.99. The van der Waals surface area contributed by atoms with Gasteiger partial charge in [-0.25, -0.2) is 13.8 Å². The van der Waals surface area contributed by atoms with E-state index in [1.54, 1.807) is 22.6 Å². The third kappa shape index (κ3) is 1.74. The number of rotatable bonds is 1. The van der Waals surface area contributed by atoms with Crippen molar-refractivity contribution in [3.8, 4) is 5.75 Å². The van der Waals surface area contributed by atoms with Crippen molar-refractivity contribution in [3.05, 3.63) is 15.3 Å². The lowest BCUT2D eigenvalue weighted by atomic mass is 10.2. The highest BCUT2D eigenvalue weighted by Crippen LogP contribution is 2.31. The molecule has 0 unspecified atom stereocenters. The van der Waals surface area contributed by atoms with E-state index in [0.29, 0.717) is 0 Å². The van der Waals surface area contributed by atoms with Crippen LogP contribution in [0.4, 0.5) is 14.6 Å². The number of pyridine rings is 1. The molecule has 66 valence electrons. The minimum atomic E-state index is -2.73. The molecule has 0 fully saturated rings. The average Bonchev–Trinajstić information content (AvgIpc) is 1.96. The molecule has 0 amide bonds. The molecule has 12 heavy (non-hydrogen) atoms. The first kappa shape index (κ1) is 9.43. The number of nitrogen functional groups attached to an aromatic ring is 1. The Morgan fingerprint density at radius 3 is 2.67 bits per heavy atom. The predicted molar refractivity (Wildman–Crippen MR) is 48.0 cm³/mol. The molecule has 0 saturated heterocycles. The van der Waals surface area contributed by atoms with E-state index in [1.165, 1.54) is 0 Å². The van der Waals surface area contributed by atoms with E-state index in [2.05, 4.69) is 4.98 Å². The smallest absolute Gasteiger partial charge is 0.267 e. The zero-order chi connectivity index (χ0) is 9.30. The summed E-state index contributed by atoms with van der Waals surface area (Å²) in [5.74, 6) is -0.521. The molecule has 0 aliphatic rings. The van der Waals surface area contributed by atoms with Gasteiger partial charge in [0.05, 0.1) is 5.56 Å². The van der Waals surface area contributed by atoms with Crippen molar-refractivity contribution in [1.82, 2.24) is 4.98 Å². The van der Waals surface area contributed by atoms with Crippen LogP contribution in [-0.2, 0) is 0 Å². The summed E-state index contributed by atoms with van der Waals surface area (Å²) >= 11 is 1.63. The van der Waals surface area contributed by atoms with Gasteiger partial charge >= 0.3 is 0 Å². The summed E-state index contributed by atoms with van der Waals surface area (Å²) in [4.78, 5) is 3.60. The van der Waals surface area contributed by atoms with Crippen LogP contribution in [0.3, 0.4) is 0 Å². The van der Waals surface area contributed by atoms with Gasteiger partial charge in [0.2, 0.25) is 0 Å². The van der Waals surface area contributed by atoms with E-state index in [4.69, 9.17) is 10.8 Å². The van der Waals surface area contributed by atoms with Crippen molar-refractivity contribution < 1.29 is 13.9 Å². The van der Waals surface area contributed by atoms with Crippen LogP contribution in [-0.4, -0.2) is 10.1 Å². The van der Waals surface area contributed by atoms with Crippen molar-refractivity contribution in [1.29, 1.82) is 0 Å². The maximum atomic E-state index is 12.1. The Morgan fingerprint density at radius 2 is 2.17 bits per heavy atom. The second-order valence-electron chi connectivity index (χ2n) is 2.08. The van der Waals surface area contributed by atoms with Gasteiger partial charge in [-0.15, -0.1) is 0 Å². The zero-order valence-corrected chi connectivity index (χ0v) is 7.92. The Labute approximate surface area is 80.7 Å². The first-order valence-electron chi connectivity index (χ1n) is 2.95. The average molecular weight is 286 g/mol. The van der Waals surface area contributed by atoms with Gasteiger partial charge in [-0.05, 0) is 28.7 Å². The van der Waals surface area contributed by atoms with E-state index in [0.717, 1.165) is 6.07 Å². The fourth-order valence-electron chi connectivity index (χ4n) is 0.712. The van der Waals surface area contributed by atoms with Crippen molar-refractivity contribution in [2.45, 2.75) is 6.43 Å². The molecule has 6 heteroatoms. The number of halogens is 3. The molecule has 0 bridgehead atoms. The fraction of sp³-hybridized carbons (Fsp3) is 0.167. The fourth-order valence-corrected chi connectivity index (χ4v) is 1.30. The van der Waals surface area contributed by atoms with Crippen molar-refractivity contribution in [2.75, 3.05) is 5.73 Å². The van der Waals surface area contributed by atoms with E-state index >= 15 is 0 Å². The second-order valence-corrected chi connectivity index (χ2v) is 3.10. The quantitative estimate of drug-likeness (QED) is 0.612. The number of nitrogens with zero attached hydrogens (tertiary/aromatic N) is 1. The summed E-state index contributed by atoms with van der Waals surface area (Å²) in [5.41, 5.74) is 4.73. The molecule has 3 N–H and O–H groups in total. The molecular formula is C6H5F2IN2O. The van der Waals surface area contributed by atoms with Gasteiger partial charge in [0, 0.05) is 0 Å². The molecule has 0 radical (unpaired) electrons. The number of anilines is 1. The van der Waals surface area contributed by atoms with Crippen LogP contribution >= 0.6 is 22.6 Å². The summed E-state index contributed by atoms with van der Waals surface area (Å²) in [5, 5.41) is 9.09. The Hall–Kier alpha value is -0.660. The highest BCUT2D eigenvalue weighted by atomic mass is 127. The number of hydrogen-bond acceptors (Lipinski definition) is 3. The Balaban J connectivity index is 3.28. The summed E-state index contributed by atoms with van der Waals surface area (Å²) in [6.45, 7) is 0. The minimum Gasteiger partial charge on any atom is -0.505 e. The molecule has 0 spiro atoms. The van der Waals surface area contributed by atoms with Gasteiger partial charge in [-0.2, -0.15) is 0 Å². The molecule has 0 aliphatic carbocycles. The van der Waals surface area contributed by atoms with E-state index < -0.39 is 17.7 Å². The summed E-state index contributed by atoms with van der Waals surface area (Å²) in [6, 6.07) is 0.960. The van der Waals surface area contributed by atoms with Gasteiger partial charge < -0.3 is 10.8 Å². The van der Waals surface area contributed by atoms with Crippen molar-refractivity contribution in [2.24, 2.45) is 0 Å². The summed E-state index contributed by atoms with van der Waals surface area (Å²) < 4.78 is 24.4. The van der Waals surface area contributed by atoms with Crippen LogP contribution in [0.1, 0.15) is 12.0 Å². The van der Waals surface area contributed by atoms with Gasteiger partial charge in [0.1, 0.15) is 9.52 Å². The van der Waals surface area contributed by atoms with Gasteiger partial charge in [-0.1, -0.05) is 0 Å². The van der Waals surface area contributed by atoms with Gasteiger partial charge in [0.25, 0.3) is 6.43 Å². The van der Waals surface area contributed by atoms with Crippen LogP contribution in [0.2, 0.25) is 0 Å². The normalized spacial score (nSPS) is 10.7. The number of alkyl halides is 2. The van der Waals surface area contributed by atoms with Gasteiger partial charge in [0.15, 0.2) is 5.75 Å². The molecule has 1 rings (SSSR count). The van der Waals surface area contributed by atoms with E-state index in [-0.39, 0.29) is 9.52 Å².